The van der Waals surface area contributed by atoms with Crippen LogP contribution < -0.4 is 0 Å². The van der Waals surface area contributed by atoms with Gasteiger partial charge in [-0.25, -0.2) is 4.79 Å². The molecule has 0 fully saturated rings. The van der Waals surface area contributed by atoms with Crippen molar-refractivity contribution in [2.24, 2.45) is 0 Å². The molecule has 0 heterocycles. The molecule has 0 aliphatic heterocycles. The highest BCUT2D eigenvalue weighted by Gasteiger charge is 2.29. The van der Waals surface area contributed by atoms with Gasteiger partial charge in [-0.1, -0.05) is 6.58 Å². The second kappa shape index (κ2) is 9.14. The lowest BCUT2D eigenvalue weighted by Gasteiger charge is -2.31. The fourth-order valence-corrected chi connectivity index (χ4v) is 10.2. The van der Waals surface area contributed by atoms with Gasteiger partial charge in [-0.3, -0.25) is 0 Å². The van der Waals surface area contributed by atoms with Gasteiger partial charge >= 0.3 is 15.3 Å². The number of hydrogen-bond acceptors (Lipinski definition) is 5. The molecule has 0 spiro atoms. The molecule has 130 valence electrons. The summed E-state index contributed by atoms with van der Waals surface area (Å²) in [7, 11) is -5.13. The Bertz CT molecular complexity index is 358. The molecule has 0 aromatic carbocycles. The van der Waals surface area contributed by atoms with Crippen molar-refractivity contribution in [2.75, 3.05) is 6.61 Å². The monoisotopic (exact) mass is 364 g/mol. The second-order valence-electron chi connectivity index (χ2n) is 7.50. The largest absolute Gasteiger partial charge is 0.460 e. The number of esters is 1. The molecule has 0 saturated heterocycles. The summed E-state index contributed by atoms with van der Waals surface area (Å²) in [6, 6.07) is 0.723. The fourth-order valence-electron chi connectivity index (χ4n) is 1.64. The first-order valence-corrected chi connectivity index (χ1v) is 16.2. The summed E-state index contributed by atoms with van der Waals surface area (Å²) in [4.78, 5) is 11.3. The average Bonchev–Trinajstić information content (AvgIpc) is 2.28. The van der Waals surface area contributed by atoms with E-state index in [9.17, 15) is 9.90 Å². The van der Waals surface area contributed by atoms with Crippen LogP contribution in [0.3, 0.4) is 0 Å². The number of hydrogen-bond donors (Lipinski definition) is 1. The lowest BCUT2D eigenvalue weighted by atomic mass is 10.3. The van der Waals surface area contributed by atoms with Crippen LogP contribution in [0.2, 0.25) is 45.3 Å². The first-order chi connectivity index (χ1) is 9.80. The van der Waals surface area contributed by atoms with E-state index in [0.29, 0.717) is 12.0 Å². The highest BCUT2D eigenvalue weighted by atomic mass is 28.4. The molecule has 1 unspecified atom stereocenters. The van der Waals surface area contributed by atoms with E-state index in [0.717, 1.165) is 6.04 Å². The van der Waals surface area contributed by atoms with Gasteiger partial charge in [0.1, 0.15) is 6.61 Å². The van der Waals surface area contributed by atoms with Gasteiger partial charge in [-0.05, 0) is 58.7 Å². The minimum atomic E-state index is -1.80. The fraction of sp³-hybridized carbons (Fsp3) is 0.786. The topological polar surface area (TPSA) is 65.0 Å². The quantitative estimate of drug-likeness (QED) is 0.367. The van der Waals surface area contributed by atoms with Gasteiger partial charge in [0.05, 0.1) is 6.10 Å². The summed E-state index contributed by atoms with van der Waals surface area (Å²) in [6.07, 6.45) is -0.163. The standard InChI is InChI=1S/C14H32O5Si3/c1-12(2)14(16)17-11-13(15)9-10-20(18-21(3,4)5)19-22(6,7)8/h13,15,20H,1,9-11H2,2-8H3. The molecular weight excluding hydrogens is 332 g/mol. The summed E-state index contributed by atoms with van der Waals surface area (Å²) in [6.45, 7) is 18.0. The predicted molar refractivity (Wildman–Crippen MR) is 97.2 cm³/mol. The van der Waals surface area contributed by atoms with Crippen LogP contribution in [-0.4, -0.2) is 49.7 Å². The van der Waals surface area contributed by atoms with E-state index < -0.39 is 38.0 Å². The van der Waals surface area contributed by atoms with Crippen LogP contribution >= 0.6 is 0 Å². The molecule has 8 heteroatoms. The van der Waals surface area contributed by atoms with Gasteiger partial charge in [0, 0.05) is 5.57 Å². The zero-order valence-corrected chi connectivity index (χ0v) is 18.2. The molecule has 22 heavy (non-hydrogen) atoms. The van der Waals surface area contributed by atoms with Gasteiger partial charge in [-0.15, -0.1) is 0 Å². The normalized spacial score (nSPS) is 14.0. The molecule has 0 aromatic heterocycles. The Balaban J connectivity index is 4.37. The molecule has 0 radical (unpaired) electrons. The third-order valence-corrected chi connectivity index (χ3v) is 11.0. The van der Waals surface area contributed by atoms with Crippen molar-refractivity contribution < 1.29 is 22.9 Å². The van der Waals surface area contributed by atoms with Crippen molar-refractivity contribution in [3.63, 3.8) is 0 Å². The van der Waals surface area contributed by atoms with Crippen molar-refractivity contribution in [2.45, 2.75) is 64.8 Å². The van der Waals surface area contributed by atoms with E-state index in [1.54, 1.807) is 6.92 Å². The van der Waals surface area contributed by atoms with Gasteiger partial charge in [0.25, 0.3) is 0 Å². The minimum Gasteiger partial charge on any atom is -0.460 e. The third-order valence-electron chi connectivity index (χ3n) is 2.46. The van der Waals surface area contributed by atoms with Crippen molar-refractivity contribution in [3.05, 3.63) is 12.2 Å². The van der Waals surface area contributed by atoms with Crippen LogP contribution in [0.5, 0.6) is 0 Å². The van der Waals surface area contributed by atoms with E-state index in [2.05, 4.69) is 45.9 Å². The summed E-state index contributed by atoms with van der Waals surface area (Å²) < 4.78 is 17.3. The Hall–Kier alpha value is -0.259. The number of aliphatic hydroxyl groups is 1. The lowest BCUT2D eigenvalue weighted by Crippen LogP contribution is -2.43. The van der Waals surface area contributed by atoms with E-state index in [1.807, 2.05) is 0 Å². The second-order valence-corrected chi connectivity index (χ2v) is 19.3. The Labute approximate surface area is 138 Å². The van der Waals surface area contributed by atoms with E-state index in [-0.39, 0.29) is 6.61 Å². The van der Waals surface area contributed by atoms with Crippen molar-refractivity contribution in [1.82, 2.24) is 0 Å². The summed E-state index contributed by atoms with van der Waals surface area (Å²) in [5.74, 6) is -0.468. The predicted octanol–water partition coefficient (Wildman–Crippen LogP) is 2.78. The maximum Gasteiger partial charge on any atom is 0.333 e. The average molecular weight is 365 g/mol. The Kier molecular flexibility index (Phi) is 9.03. The van der Waals surface area contributed by atoms with Gasteiger partial charge in [-0.2, -0.15) is 0 Å². The Morgan fingerprint density at radius 1 is 1.14 bits per heavy atom. The molecule has 0 aliphatic carbocycles. The third kappa shape index (κ3) is 12.3. The molecule has 0 rings (SSSR count). The number of carbonyl (C=O) groups is 1. The molecule has 0 aliphatic rings. The van der Waals surface area contributed by atoms with Crippen LogP contribution in [-0.2, 0) is 17.8 Å². The van der Waals surface area contributed by atoms with Crippen LogP contribution in [0.25, 0.3) is 0 Å². The zero-order chi connectivity index (χ0) is 17.6. The smallest absolute Gasteiger partial charge is 0.333 e. The molecule has 0 saturated carbocycles. The molecule has 0 aromatic rings. The lowest BCUT2D eigenvalue weighted by molar-refractivity contribution is -0.141. The number of ether oxygens (including phenoxy) is 1. The maximum absolute atomic E-state index is 11.3. The zero-order valence-electron chi connectivity index (χ0n) is 15.1. The van der Waals surface area contributed by atoms with Crippen LogP contribution in [0.15, 0.2) is 12.2 Å². The van der Waals surface area contributed by atoms with Gasteiger partial charge < -0.3 is 18.1 Å². The number of aliphatic hydroxyl groups excluding tert-OH is 1. The van der Waals surface area contributed by atoms with Crippen LogP contribution in [0, 0.1) is 0 Å². The number of carbonyl (C=O) groups excluding carboxylic acids is 1. The summed E-state index contributed by atoms with van der Waals surface area (Å²) >= 11 is 0. The summed E-state index contributed by atoms with van der Waals surface area (Å²) in [5.41, 5.74) is 0.337. The molecule has 0 bridgehead atoms. The first-order valence-electron chi connectivity index (χ1n) is 7.66. The van der Waals surface area contributed by atoms with Gasteiger partial charge in [0.2, 0.25) is 0 Å². The van der Waals surface area contributed by atoms with E-state index >= 15 is 0 Å². The molecular formula is C14H32O5Si3. The molecule has 5 nitrogen and oxygen atoms in total. The van der Waals surface area contributed by atoms with E-state index in [1.165, 1.54) is 0 Å². The van der Waals surface area contributed by atoms with E-state index in [4.69, 9.17) is 13.0 Å². The van der Waals surface area contributed by atoms with Crippen molar-refractivity contribution in [1.29, 1.82) is 0 Å². The van der Waals surface area contributed by atoms with Crippen LogP contribution in [0.1, 0.15) is 13.3 Å². The van der Waals surface area contributed by atoms with Crippen LogP contribution in [0.4, 0.5) is 0 Å². The maximum atomic E-state index is 11.3. The highest BCUT2D eigenvalue weighted by molar-refractivity contribution is 6.81. The number of rotatable bonds is 10. The highest BCUT2D eigenvalue weighted by Crippen LogP contribution is 2.16. The van der Waals surface area contributed by atoms with Gasteiger partial charge in [0.15, 0.2) is 16.6 Å². The minimum absolute atomic E-state index is 0.00724. The van der Waals surface area contributed by atoms with Crippen molar-refractivity contribution >= 4 is 31.9 Å². The first kappa shape index (κ1) is 21.7. The Morgan fingerprint density at radius 3 is 1.95 bits per heavy atom. The van der Waals surface area contributed by atoms with Crippen molar-refractivity contribution in [3.8, 4) is 0 Å². The SMILES string of the molecule is C=C(C)C(=O)OCC(O)CC[SiH](O[Si](C)(C)C)O[Si](C)(C)C. The summed E-state index contributed by atoms with van der Waals surface area (Å²) in [5, 5.41) is 9.95. The Morgan fingerprint density at radius 2 is 1.59 bits per heavy atom. The molecule has 1 atom stereocenters. The molecule has 1 N–H and O–H groups in total. The molecule has 0 amide bonds.